The summed E-state index contributed by atoms with van der Waals surface area (Å²) in [5.74, 6) is 0. The summed E-state index contributed by atoms with van der Waals surface area (Å²) in [6.07, 6.45) is 0. The molecule has 0 aliphatic carbocycles. The van der Waals surface area contributed by atoms with Crippen LogP contribution >= 0.6 is 11.3 Å². The Morgan fingerprint density at radius 1 is 0.395 bits per heavy atom. The van der Waals surface area contributed by atoms with Gasteiger partial charge in [0.25, 0.3) is 0 Å². The van der Waals surface area contributed by atoms with Gasteiger partial charge in [-0.2, -0.15) is 0 Å². The summed E-state index contributed by atoms with van der Waals surface area (Å²) in [5.41, 5.74) is 7.57. The highest BCUT2D eigenvalue weighted by molar-refractivity contribution is 7.25. The molecule has 0 spiro atoms. The van der Waals surface area contributed by atoms with Gasteiger partial charge in [-0.3, -0.25) is 0 Å². The number of para-hydroxylation sites is 2. The standard InChI is InChI=1S/C40H25NOS/c1-3-9-30(10-4-1)41(31-11-5-2-6-12-31)32-18-19-37-35(25-32)34-22-28-16-15-26(21-29(28)24-38(34)42-37)27-17-20-40-36(23-27)33-13-7-8-14-39(33)43-40/h1-25H. The minimum Gasteiger partial charge on any atom is -0.456 e. The zero-order chi connectivity index (χ0) is 28.3. The smallest absolute Gasteiger partial charge is 0.136 e. The predicted molar refractivity (Wildman–Crippen MR) is 184 cm³/mol. The van der Waals surface area contributed by atoms with Crippen molar-refractivity contribution in [1.29, 1.82) is 0 Å². The third-order valence-electron chi connectivity index (χ3n) is 8.41. The van der Waals surface area contributed by atoms with Gasteiger partial charge in [0.2, 0.25) is 0 Å². The first kappa shape index (κ1) is 24.2. The molecule has 0 N–H and O–H groups in total. The number of hydrogen-bond acceptors (Lipinski definition) is 3. The Morgan fingerprint density at radius 3 is 1.88 bits per heavy atom. The molecule has 2 nitrogen and oxygen atoms in total. The number of thiophene rings is 1. The van der Waals surface area contributed by atoms with Crippen molar-refractivity contribution < 1.29 is 4.42 Å². The average molecular weight is 568 g/mol. The molecular weight excluding hydrogens is 543 g/mol. The van der Waals surface area contributed by atoms with Gasteiger partial charge < -0.3 is 9.32 Å². The van der Waals surface area contributed by atoms with E-state index in [1.165, 1.54) is 42.1 Å². The van der Waals surface area contributed by atoms with Crippen LogP contribution in [0.5, 0.6) is 0 Å². The second kappa shape index (κ2) is 9.59. The van der Waals surface area contributed by atoms with Gasteiger partial charge in [-0.15, -0.1) is 11.3 Å². The van der Waals surface area contributed by atoms with Crippen molar-refractivity contribution in [3.63, 3.8) is 0 Å². The van der Waals surface area contributed by atoms with Crippen LogP contribution in [-0.4, -0.2) is 0 Å². The fraction of sp³-hybridized carbons (Fsp3) is 0. The van der Waals surface area contributed by atoms with Crippen LogP contribution in [0, 0.1) is 0 Å². The van der Waals surface area contributed by atoms with Crippen molar-refractivity contribution >= 4 is 81.3 Å². The lowest BCUT2D eigenvalue weighted by molar-refractivity contribution is 0.669. The minimum absolute atomic E-state index is 0.894. The van der Waals surface area contributed by atoms with E-state index in [2.05, 4.69) is 157 Å². The topological polar surface area (TPSA) is 16.4 Å². The van der Waals surface area contributed by atoms with E-state index in [4.69, 9.17) is 4.42 Å². The Kier molecular flexibility index (Phi) is 5.40. The number of anilines is 3. The lowest BCUT2D eigenvalue weighted by atomic mass is 9.98. The number of rotatable bonds is 4. The van der Waals surface area contributed by atoms with Crippen LogP contribution in [0.3, 0.4) is 0 Å². The molecule has 0 saturated carbocycles. The summed E-state index contributed by atoms with van der Waals surface area (Å²) in [6, 6.07) is 54.3. The van der Waals surface area contributed by atoms with Crippen LogP contribution in [0.4, 0.5) is 17.1 Å². The monoisotopic (exact) mass is 567 g/mol. The first-order valence-electron chi connectivity index (χ1n) is 14.5. The van der Waals surface area contributed by atoms with Crippen molar-refractivity contribution in [2.75, 3.05) is 4.90 Å². The highest BCUT2D eigenvalue weighted by Crippen LogP contribution is 2.40. The Bertz CT molecular complexity index is 2420. The van der Waals surface area contributed by atoms with Crippen molar-refractivity contribution in [2.45, 2.75) is 0 Å². The number of nitrogens with zero attached hydrogens (tertiary/aromatic N) is 1. The van der Waals surface area contributed by atoms with E-state index < -0.39 is 0 Å². The quantitative estimate of drug-likeness (QED) is 0.210. The lowest BCUT2D eigenvalue weighted by Gasteiger charge is -2.25. The molecule has 0 atom stereocenters. The Labute approximate surface area is 252 Å². The third-order valence-corrected chi connectivity index (χ3v) is 9.56. The van der Waals surface area contributed by atoms with Gasteiger partial charge >= 0.3 is 0 Å². The first-order chi connectivity index (χ1) is 21.3. The van der Waals surface area contributed by atoms with Crippen LogP contribution in [-0.2, 0) is 0 Å². The first-order valence-corrected chi connectivity index (χ1v) is 15.3. The van der Waals surface area contributed by atoms with E-state index in [0.717, 1.165) is 39.0 Å². The molecule has 0 fully saturated rings. The molecule has 0 bridgehead atoms. The molecule has 2 aromatic heterocycles. The van der Waals surface area contributed by atoms with Crippen molar-refractivity contribution in [3.8, 4) is 11.1 Å². The molecule has 9 rings (SSSR count). The molecule has 2 heterocycles. The molecule has 0 unspecified atom stereocenters. The minimum atomic E-state index is 0.894. The van der Waals surface area contributed by atoms with E-state index in [1.807, 2.05) is 11.3 Å². The number of benzene rings is 7. The number of furan rings is 1. The van der Waals surface area contributed by atoms with Crippen molar-refractivity contribution in [3.05, 3.63) is 152 Å². The molecule has 0 saturated heterocycles. The van der Waals surface area contributed by atoms with Gasteiger partial charge in [0, 0.05) is 48.0 Å². The summed E-state index contributed by atoms with van der Waals surface area (Å²) < 4.78 is 9.09. The van der Waals surface area contributed by atoms with Crippen LogP contribution in [0.1, 0.15) is 0 Å². The SMILES string of the molecule is c1ccc(N(c2ccccc2)c2ccc3oc4cc5cc(-c6ccc7sc8ccccc8c7c6)ccc5cc4c3c2)cc1. The van der Waals surface area contributed by atoms with Gasteiger partial charge in [0.1, 0.15) is 11.2 Å². The second-order valence-electron chi connectivity index (χ2n) is 11.0. The highest BCUT2D eigenvalue weighted by Gasteiger charge is 2.16. The molecule has 0 radical (unpaired) electrons. The Balaban J connectivity index is 1.16. The van der Waals surface area contributed by atoms with Gasteiger partial charge in [0.15, 0.2) is 0 Å². The summed E-state index contributed by atoms with van der Waals surface area (Å²) in [5, 5.41) is 7.27. The molecule has 202 valence electrons. The lowest BCUT2D eigenvalue weighted by Crippen LogP contribution is -2.09. The van der Waals surface area contributed by atoms with Crippen molar-refractivity contribution in [2.24, 2.45) is 0 Å². The zero-order valence-corrected chi connectivity index (χ0v) is 24.0. The predicted octanol–water partition coefficient (Wildman–Crippen LogP) is 12.2. The van der Waals surface area contributed by atoms with Crippen LogP contribution in [0.2, 0.25) is 0 Å². The Hall–Kier alpha value is -5.38. The van der Waals surface area contributed by atoms with Crippen molar-refractivity contribution in [1.82, 2.24) is 0 Å². The summed E-state index contributed by atoms with van der Waals surface area (Å²) in [6.45, 7) is 0. The number of hydrogen-bond donors (Lipinski definition) is 0. The van der Waals surface area contributed by atoms with E-state index >= 15 is 0 Å². The van der Waals surface area contributed by atoms with Gasteiger partial charge in [-0.05, 0) is 101 Å². The maximum absolute atomic E-state index is 6.43. The fourth-order valence-electron chi connectivity index (χ4n) is 6.33. The van der Waals surface area contributed by atoms with E-state index in [0.29, 0.717) is 0 Å². The van der Waals surface area contributed by atoms with Gasteiger partial charge in [0.05, 0.1) is 0 Å². The fourth-order valence-corrected chi connectivity index (χ4v) is 7.42. The molecule has 9 aromatic rings. The second-order valence-corrected chi connectivity index (χ2v) is 12.1. The van der Waals surface area contributed by atoms with E-state index in [9.17, 15) is 0 Å². The van der Waals surface area contributed by atoms with Gasteiger partial charge in [-0.25, -0.2) is 0 Å². The third kappa shape index (κ3) is 4.01. The molecule has 7 aromatic carbocycles. The summed E-state index contributed by atoms with van der Waals surface area (Å²) in [7, 11) is 0. The number of fused-ring (bicyclic) bond motifs is 7. The molecule has 0 amide bonds. The highest BCUT2D eigenvalue weighted by atomic mass is 32.1. The largest absolute Gasteiger partial charge is 0.456 e. The maximum Gasteiger partial charge on any atom is 0.136 e. The van der Waals surface area contributed by atoms with Crippen LogP contribution < -0.4 is 4.90 Å². The molecule has 0 aliphatic heterocycles. The maximum atomic E-state index is 6.43. The molecule has 0 aliphatic rings. The van der Waals surface area contributed by atoms with E-state index in [1.54, 1.807) is 0 Å². The molecule has 3 heteroatoms. The normalized spacial score (nSPS) is 11.7. The zero-order valence-electron chi connectivity index (χ0n) is 23.2. The van der Waals surface area contributed by atoms with Crippen LogP contribution in [0.15, 0.2) is 156 Å². The van der Waals surface area contributed by atoms with Gasteiger partial charge in [-0.1, -0.05) is 72.8 Å². The molecular formula is C40H25NOS. The van der Waals surface area contributed by atoms with E-state index in [-0.39, 0.29) is 0 Å². The summed E-state index contributed by atoms with van der Waals surface area (Å²) >= 11 is 1.86. The average Bonchev–Trinajstić information content (AvgIpc) is 3.61. The van der Waals surface area contributed by atoms with Crippen LogP contribution in [0.25, 0.3) is 64.0 Å². The molecule has 43 heavy (non-hydrogen) atoms. The Morgan fingerprint density at radius 2 is 1.07 bits per heavy atom. The summed E-state index contributed by atoms with van der Waals surface area (Å²) in [4.78, 5) is 2.29.